The summed E-state index contributed by atoms with van der Waals surface area (Å²) in [6.45, 7) is 2.97. The predicted molar refractivity (Wildman–Crippen MR) is 50.6 cm³/mol. The minimum Gasteiger partial charge on any atom is -0.412 e. The third-order valence-electron chi connectivity index (χ3n) is 1.37. The molecule has 73 heavy (non-hydrogen) atoms. The van der Waals surface area contributed by atoms with Crippen molar-refractivity contribution in [3.8, 4) is 0 Å². The van der Waals surface area contributed by atoms with Gasteiger partial charge in [-0.15, -0.1) is 4.52 Å². The van der Waals surface area contributed by atoms with E-state index in [-0.39, 0.29) is 2000 Å². The Kier molecular flexibility index (Phi) is 2780. The molecule has 4 nitrogen and oxygen atoms in total. The summed E-state index contributed by atoms with van der Waals surface area (Å²) < 4.78 is 15.3. The number of nitrogens with two attached hydrogens (primary N) is 1. The van der Waals surface area contributed by atoms with E-state index in [2.05, 4.69) is 0 Å². The van der Waals surface area contributed by atoms with E-state index in [4.69, 9.17) is 10.3 Å². The van der Waals surface area contributed by atoms with Crippen LogP contribution in [0.2, 0.25) is 0 Å². The average Bonchev–Trinajstić information content (AvgIpc) is 1.96. The van der Waals surface area contributed by atoms with Crippen LogP contribution >= 0.6 is 8.03 Å². The first kappa shape index (κ1) is 456. The fourth-order valence-electron chi connectivity index (χ4n) is 0.793. The van der Waals surface area contributed by atoms with Gasteiger partial charge < -0.3 is 11.2 Å². The van der Waals surface area contributed by atoms with Gasteiger partial charge >= 0.3 is 8.03 Å². The van der Waals surface area contributed by atoms with E-state index >= 15 is 0 Å². The largest absolute Gasteiger partial charge is 0.504 e. The van der Waals surface area contributed by atoms with E-state index in [0.717, 1.165) is 32.2 Å². The van der Waals surface area contributed by atoms with E-state index in [1.165, 1.54) is 0 Å². The Morgan fingerprint density at radius 2 is 0.315 bits per heavy atom. The van der Waals surface area contributed by atoms with Crippen LogP contribution in [-0.4, -0.2) is 25.3 Å². The maximum absolute atomic E-state index is 10.4. The molecule has 0 aromatic carbocycles. The summed E-state index contributed by atoms with van der Waals surface area (Å²) >= 11 is 0. The third kappa shape index (κ3) is 463. The summed E-state index contributed by atoms with van der Waals surface area (Å²) in [5.41, 5.74) is 5.31. The number of hydrogen-bond acceptors (Lipinski definition) is 3. The molecule has 0 aliphatic carbocycles. The molecule has 4 N–H and O–H groups in total. The van der Waals surface area contributed by atoms with Crippen molar-refractivity contribution < 1.29 is 2010 Å². The molecule has 0 rings (SSSR count). The van der Waals surface area contributed by atoms with Gasteiger partial charge in [0.25, 0.3) is 0 Å². The topological polar surface area (TPSA) is 83.8 Å². The Labute approximate surface area is 1990 Å². The summed E-state index contributed by atoms with van der Waals surface area (Å²) in [5.74, 6) is 0. The number of hydrogen-bond donors (Lipinski definition) is 1. The Bertz CT molecular complexity index is 158. The van der Waals surface area contributed by atoms with Crippen molar-refractivity contribution >= 4 is 8.03 Å². The summed E-state index contributed by atoms with van der Waals surface area (Å²) in [7, 11) is -1.40. The van der Waals surface area contributed by atoms with E-state index in [1.54, 1.807) is 6.66 Å². The molecule has 0 bridgehead atoms. The van der Waals surface area contributed by atoms with E-state index < -0.39 is 8.03 Å². The molecule has 0 spiro atoms. The fourth-order valence-corrected chi connectivity index (χ4v) is 1.18. The normalized spacial score (nSPS) is 1.75. The second-order valence-electron chi connectivity index (χ2n) is 2.48. The van der Waals surface area contributed by atoms with Crippen molar-refractivity contribution in [1.82, 2.24) is 0 Å². The molecule has 0 amide bonds. The van der Waals surface area contributed by atoms with Crippen molar-refractivity contribution in [2.24, 2.45) is 5.73 Å². The quantitative estimate of drug-likeness (QED) is 0.305. The average molecular weight is 5620 g/mol. The van der Waals surface area contributed by atoms with Gasteiger partial charge in [0.2, 0.25) is 0 Å². The van der Waals surface area contributed by atoms with Gasteiger partial charge in [0.1, 0.15) is 6.61 Å². The van der Waals surface area contributed by atoms with Crippen LogP contribution in [0.5, 0.6) is 0 Å². The molecule has 61 radical (unpaired) electrons. The minimum atomic E-state index is -1.40. The first-order valence-corrected chi connectivity index (χ1v) is 5.63. The summed E-state index contributed by atoms with van der Waals surface area (Å²) in [5, 5.41) is 0. The van der Waals surface area contributed by atoms with Crippen molar-refractivity contribution in [1.29, 1.82) is 0 Å². The standard InChI is InChI=1S/C7H17NO2P.H2O.61Y/c1-11(9)10-7-5-3-2-4-6-8;;;;;;;;;;;;;;;;;;;;;;;;;;;;;;;;;;;;;;;;;;;;;;;;;;;;;;;;;;;;;;/h2-8H2,1H3;1H2;;;;;;;;;;;;;;;;;;;;;;;;;;;;;;;;;;;;;;;;;;;;;;;;;;;;;;;;;;;;;/q+1;;;;;;;;;;;;;;;;;;;;;;;;;;;;;;;;;;;;;;;;;;;;;;;;;;;;;;;;;;;;;;. The molecule has 0 aromatic heterocycles. The molecular formula is C7H19NO3PY61+. The minimum absolute atomic E-state index is 0. The SMILES string of the molecule is C[P+](=O)OCCCCCCN.O.[Y].[Y].[Y].[Y].[Y].[Y].[Y].[Y].[Y].[Y].[Y].[Y].[Y].[Y].[Y].[Y].[Y].[Y].[Y].[Y].[Y].[Y].[Y].[Y].[Y].[Y].[Y].[Y].[Y].[Y].[Y].[Y].[Y].[Y].[Y].[Y].[Y].[Y].[Y].[Y].[Y].[Y].[Y].[Y].[Y].[Y].[Y].[Y].[Y].[Y].[Y].[Y].[Y].[Y].[Y].[Y].[Y].[Y].[Y].[Y].[Y]. The molecule has 0 fully saturated rings. The second-order valence-corrected chi connectivity index (χ2v) is 3.61. The van der Waals surface area contributed by atoms with Gasteiger partial charge in [-0.2, -0.15) is 0 Å². The van der Waals surface area contributed by atoms with Crippen LogP contribution in [0.1, 0.15) is 25.7 Å². The van der Waals surface area contributed by atoms with Gasteiger partial charge in [-0.3, -0.25) is 0 Å². The Hall–Kier alpha value is 67.3. The van der Waals surface area contributed by atoms with E-state index in [9.17, 15) is 4.57 Å². The maximum atomic E-state index is 10.4. The van der Waals surface area contributed by atoms with Gasteiger partial charge in [0.15, 0.2) is 6.66 Å². The molecule has 257 valence electrons. The van der Waals surface area contributed by atoms with Crippen LogP contribution in [0.25, 0.3) is 0 Å². The van der Waals surface area contributed by atoms with Crippen molar-refractivity contribution in [2.75, 3.05) is 19.8 Å². The molecule has 1 unspecified atom stereocenters. The summed E-state index contributed by atoms with van der Waals surface area (Å²) in [6, 6.07) is 0. The predicted octanol–water partition coefficient (Wildman–Crippen LogP) is 0.917. The summed E-state index contributed by atoms with van der Waals surface area (Å²) in [6.07, 6.45) is 4.36. The van der Waals surface area contributed by atoms with Crippen LogP contribution in [0, 0.1) is 0 Å². The third-order valence-corrected chi connectivity index (χ3v) is 1.92. The Morgan fingerprint density at radius 1 is 0.219 bits per heavy atom. The second kappa shape index (κ2) is 446. The van der Waals surface area contributed by atoms with Crippen LogP contribution in [0.3, 0.4) is 0 Å². The van der Waals surface area contributed by atoms with Crippen molar-refractivity contribution in [3.05, 3.63) is 0 Å². The van der Waals surface area contributed by atoms with Crippen molar-refractivity contribution in [2.45, 2.75) is 25.7 Å². The van der Waals surface area contributed by atoms with Gasteiger partial charge in [-0.25, -0.2) is 0 Å². The summed E-state index contributed by atoms with van der Waals surface area (Å²) in [4.78, 5) is 0. The van der Waals surface area contributed by atoms with Gasteiger partial charge in [-0.05, 0) is 24.0 Å². The molecule has 0 aliphatic rings. The zero-order valence-corrected chi connectivity index (χ0v) is 217. The van der Waals surface area contributed by atoms with Crippen molar-refractivity contribution in [3.63, 3.8) is 0 Å². The molecule has 0 heterocycles. The molecule has 0 saturated heterocycles. The molecular weight excluding hydrogens is 5600 g/mol. The van der Waals surface area contributed by atoms with Crippen LogP contribution < -0.4 is 5.73 Å². The van der Waals surface area contributed by atoms with Gasteiger partial charge in [0, 0.05) is 2000 Å². The first-order valence-electron chi connectivity index (χ1n) is 4.01. The Balaban J connectivity index is -0.000000000264. The molecule has 0 saturated carbocycles. The first-order chi connectivity index (χ1) is 5.27. The zero-order valence-electron chi connectivity index (χ0n) is 42.8. The number of rotatable bonds is 7. The number of unbranched alkanes of at least 4 members (excludes halogenated alkanes) is 3. The smallest absolute Gasteiger partial charge is 0.412 e. The van der Waals surface area contributed by atoms with E-state index in [1.807, 2.05) is 0 Å². The van der Waals surface area contributed by atoms with Crippen LogP contribution in [-0.2, 0) is 2000 Å². The molecule has 66 heteroatoms. The molecule has 1 atom stereocenters. The Morgan fingerprint density at radius 3 is 0.397 bits per heavy atom. The molecule has 0 aromatic rings. The zero-order chi connectivity index (χ0) is 8.53. The van der Waals surface area contributed by atoms with Crippen LogP contribution in [0.15, 0.2) is 0 Å². The molecule has 0 aliphatic heterocycles. The van der Waals surface area contributed by atoms with E-state index in [0.29, 0.717) is 6.61 Å². The monoisotopic (exact) mass is 5620 g/mol. The maximum Gasteiger partial charge on any atom is 0.504 e. The van der Waals surface area contributed by atoms with Crippen LogP contribution in [0.4, 0.5) is 0 Å². The van der Waals surface area contributed by atoms with Gasteiger partial charge in [-0.1, -0.05) is 12.8 Å². The van der Waals surface area contributed by atoms with Gasteiger partial charge in [0.05, 0.1) is 0 Å². The fraction of sp³-hybridized carbons (Fsp3) is 1.00.